The van der Waals surface area contributed by atoms with Gasteiger partial charge in [0.25, 0.3) is 0 Å². The van der Waals surface area contributed by atoms with E-state index in [1.54, 1.807) is 18.2 Å². The molecule has 0 aliphatic rings. The second kappa shape index (κ2) is 5.90. The third kappa shape index (κ3) is 3.46. The van der Waals surface area contributed by atoms with Crippen molar-refractivity contribution >= 4 is 49.4 Å². The van der Waals surface area contributed by atoms with E-state index in [9.17, 15) is 4.79 Å². The molecule has 1 aromatic carbocycles. The normalized spacial score (nSPS) is 10.3. The Hall–Kier alpha value is -1.11. The van der Waals surface area contributed by atoms with Crippen LogP contribution in [0.1, 0.15) is 10.4 Å². The molecule has 0 spiro atoms. The Morgan fingerprint density at radius 3 is 2.63 bits per heavy atom. The molecule has 0 saturated heterocycles. The van der Waals surface area contributed by atoms with Crippen molar-refractivity contribution in [3.63, 3.8) is 0 Å². The highest BCUT2D eigenvalue weighted by Gasteiger charge is 2.14. The third-order valence-corrected chi connectivity index (χ3v) is 3.35. The van der Waals surface area contributed by atoms with E-state index >= 15 is 0 Å². The molecule has 0 radical (unpaired) electrons. The summed E-state index contributed by atoms with van der Waals surface area (Å²) >= 11 is 12.5. The van der Waals surface area contributed by atoms with Crippen LogP contribution in [0.5, 0.6) is 11.6 Å². The first kappa shape index (κ1) is 14.3. The van der Waals surface area contributed by atoms with Crippen LogP contribution in [0.25, 0.3) is 0 Å². The lowest BCUT2D eigenvalue weighted by molar-refractivity contribution is 0.0694. The molecule has 0 fully saturated rings. The SMILES string of the molecule is O=C(O)c1ccc(Br)cc1Oc1ncc(Br)cc1Cl. The number of carboxylic acid groups (broad SMARTS) is 1. The number of hydrogen-bond donors (Lipinski definition) is 1. The molecule has 0 unspecified atom stereocenters. The number of halogens is 3. The highest BCUT2D eigenvalue weighted by Crippen LogP contribution is 2.32. The summed E-state index contributed by atoms with van der Waals surface area (Å²) in [5.41, 5.74) is 0.0315. The van der Waals surface area contributed by atoms with Crippen molar-refractivity contribution < 1.29 is 14.6 Å². The summed E-state index contributed by atoms with van der Waals surface area (Å²) in [6, 6.07) is 6.22. The van der Waals surface area contributed by atoms with E-state index in [0.29, 0.717) is 8.95 Å². The Morgan fingerprint density at radius 1 is 1.26 bits per heavy atom. The monoisotopic (exact) mass is 405 g/mol. The van der Waals surface area contributed by atoms with Gasteiger partial charge in [-0.25, -0.2) is 9.78 Å². The fourth-order valence-corrected chi connectivity index (χ4v) is 2.35. The lowest BCUT2D eigenvalue weighted by atomic mass is 10.2. The molecule has 0 saturated carbocycles. The van der Waals surface area contributed by atoms with Gasteiger partial charge in [-0.1, -0.05) is 27.5 Å². The molecule has 0 atom stereocenters. The van der Waals surface area contributed by atoms with E-state index in [1.807, 2.05) is 0 Å². The summed E-state index contributed by atoms with van der Waals surface area (Å²) in [6.07, 6.45) is 1.51. The zero-order chi connectivity index (χ0) is 14.0. The fourth-order valence-electron chi connectivity index (χ4n) is 1.34. The first-order chi connectivity index (χ1) is 8.97. The molecule has 4 nitrogen and oxygen atoms in total. The van der Waals surface area contributed by atoms with Crippen LogP contribution in [-0.4, -0.2) is 16.1 Å². The van der Waals surface area contributed by atoms with E-state index in [2.05, 4.69) is 36.8 Å². The molecular formula is C12H6Br2ClNO3. The van der Waals surface area contributed by atoms with Crippen LogP contribution in [0.3, 0.4) is 0 Å². The van der Waals surface area contributed by atoms with E-state index < -0.39 is 5.97 Å². The maximum absolute atomic E-state index is 11.1. The molecule has 0 amide bonds. The molecule has 0 aliphatic carbocycles. The van der Waals surface area contributed by atoms with Gasteiger partial charge in [0.15, 0.2) is 0 Å². The van der Waals surface area contributed by atoms with Crippen LogP contribution in [0.4, 0.5) is 0 Å². The predicted molar refractivity (Wildman–Crippen MR) is 78.1 cm³/mol. The Morgan fingerprint density at radius 2 is 2.00 bits per heavy atom. The number of benzene rings is 1. The summed E-state index contributed by atoms with van der Waals surface area (Å²) in [4.78, 5) is 15.1. The second-order valence-electron chi connectivity index (χ2n) is 3.49. The highest BCUT2D eigenvalue weighted by molar-refractivity contribution is 9.10. The maximum Gasteiger partial charge on any atom is 0.339 e. The molecule has 0 bridgehead atoms. The van der Waals surface area contributed by atoms with Gasteiger partial charge in [0.2, 0.25) is 5.88 Å². The molecule has 2 aromatic rings. The minimum absolute atomic E-state index is 0.0315. The number of carbonyl (C=O) groups is 1. The largest absolute Gasteiger partial charge is 0.478 e. The Balaban J connectivity index is 2.42. The Bertz CT molecular complexity index is 649. The number of rotatable bonds is 3. The van der Waals surface area contributed by atoms with Gasteiger partial charge in [0.1, 0.15) is 16.3 Å². The Labute approximate surface area is 130 Å². The minimum Gasteiger partial charge on any atom is -0.478 e. The van der Waals surface area contributed by atoms with Crippen molar-refractivity contribution in [2.75, 3.05) is 0 Å². The topological polar surface area (TPSA) is 59.4 Å². The van der Waals surface area contributed by atoms with Gasteiger partial charge in [-0.05, 0) is 40.2 Å². The molecule has 19 heavy (non-hydrogen) atoms. The summed E-state index contributed by atoms with van der Waals surface area (Å²) in [6.45, 7) is 0. The van der Waals surface area contributed by atoms with Gasteiger partial charge >= 0.3 is 5.97 Å². The molecule has 1 aromatic heterocycles. The van der Waals surface area contributed by atoms with Crippen molar-refractivity contribution in [2.24, 2.45) is 0 Å². The minimum atomic E-state index is -1.09. The van der Waals surface area contributed by atoms with Crippen molar-refractivity contribution in [2.45, 2.75) is 0 Å². The van der Waals surface area contributed by atoms with Crippen molar-refractivity contribution in [3.05, 3.63) is 50.0 Å². The molecule has 1 N–H and O–H groups in total. The second-order valence-corrected chi connectivity index (χ2v) is 5.73. The number of pyridine rings is 1. The smallest absolute Gasteiger partial charge is 0.339 e. The van der Waals surface area contributed by atoms with Gasteiger partial charge in [-0.3, -0.25) is 0 Å². The lowest BCUT2D eigenvalue weighted by Gasteiger charge is -2.09. The average Bonchev–Trinajstić information content (AvgIpc) is 2.32. The van der Waals surface area contributed by atoms with Gasteiger partial charge in [0.05, 0.1) is 0 Å². The predicted octanol–water partition coefficient (Wildman–Crippen LogP) is 4.75. The van der Waals surface area contributed by atoms with Crippen LogP contribution in [0.2, 0.25) is 5.02 Å². The highest BCUT2D eigenvalue weighted by atomic mass is 79.9. The van der Waals surface area contributed by atoms with E-state index in [0.717, 1.165) is 0 Å². The summed E-state index contributed by atoms with van der Waals surface area (Å²) in [5, 5.41) is 9.37. The van der Waals surface area contributed by atoms with E-state index in [1.165, 1.54) is 12.3 Å². The van der Waals surface area contributed by atoms with E-state index in [4.69, 9.17) is 21.4 Å². The van der Waals surface area contributed by atoms with E-state index in [-0.39, 0.29) is 22.2 Å². The Kier molecular flexibility index (Phi) is 4.44. The summed E-state index contributed by atoms with van der Waals surface area (Å²) < 4.78 is 6.86. The number of nitrogens with zero attached hydrogens (tertiary/aromatic N) is 1. The number of carboxylic acids is 1. The van der Waals surface area contributed by atoms with Gasteiger partial charge in [-0.15, -0.1) is 0 Å². The maximum atomic E-state index is 11.1. The summed E-state index contributed by atoms with van der Waals surface area (Å²) in [5.74, 6) is -0.778. The number of hydrogen-bond acceptors (Lipinski definition) is 3. The van der Waals surface area contributed by atoms with Crippen molar-refractivity contribution in [1.29, 1.82) is 0 Å². The summed E-state index contributed by atoms with van der Waals surface area (Å²) in [7, 11) is 0. The molecule has 2 rings (SSSR count). The van der Waals surface area contributed by atoms with Crippen LogP contribution in [0, 0.1) is 0 Å². The van der Waals surface area contributed by atoms with Crippen molar-refractivity contribution in [1.82, 2.24) is 4.98 Å². The fraction of sp³-hybridized carbons (Fsp3) is 0. The number of ether oxygens (including phenoxy) is 1. The van der Waals surface area contributed by atoms with Gasteiger partial charge in [-0.2, -0.15) is 0 Å². The standard InChI is InChI=1S/C12H6Br2ClNO3/c13-6-1-2-8(12(17)18)10(4-6)19-11-9(15)3-7(14)5-16-11/h1-5H,(H,17,18). The molecular weight excluding hydrogens is 401 g/mol. The van der Waals surface area contributed by atoms with Gasteiger partial charge in [0, 0.05) is 15.1 Å². The van der Waals surface area contributed by atoms with Crippen LogP contribution in [0.15, 0.2) is 39.4 Å². The van der Waals surface area contributed by atoms with Gasteiger partial charge < -0.3 is 9.84 Å². The zero-order valence-electron chi connectivity index (χ0n) is 9.23. The number of aromatic nitrogens is 1. The third-order valence-electron chi connectivity index (χ3n) is 2.15. The zero-order valence-corrected chi connectivity index (χ0v) is 13.2. The molecule has 7 heteroatoms. The van der Waals surface area contributed by atoms with Crippen LogP contribution < -0.4 is 4.74 Å². The first-order valence-electron chi connectivity index (χ1n) is 4.99. The number of aromatic carboxylic acids is 1. The first-order valence-corrected chi connectivity index (χ1v) is 6.95. The van der Waals surface area contributed by atoms with Crippen molar-refractivity contribution in [3.8, 4) is 11.6 Å². The molecule has 0 aliphatic heterocycles. The molecule has 98 valence electrons. The van der Waals surface area contributed by atoms with Crippen LogP contribution >= 0.6 is 43.5 Å². The quantitative estimate of drug-likeness (QED) is 0.798. The van der Waals surface area contributed by atoms with Crippen LogP contribution in [-0.2, 0) is 0 Å². The lowest BCUT2D eigenvalue weighted by Crippen LogP contribution is -2.00. The molecule has 1 heterocycles. The average molecular weight is 407 g/mol.